The van der Waals surface area contributed by atoms with Crippen molar-refractivity contribution < 1.29 is 29.3 Å². The minimum absolute atomic E-state index is 0.155. The summed E-state index contributed by atoms with van der Waals surface area (Å²) in [5, 5.41) is 20.2. The lowest BCUT2D eigenvalue weighted by atomic mass is 9.71. The van der Waals surface area contributed by atoms with E-state index in [0.717, 1.165) is 13.1 Å². The molecule has 2 bridgehead atoms. The van der Waals surface area contributed by atoms with Crippen LogP contribution in [0, 0.1) is 17.8 Å². The van der Waals surface area contributed by atoms with Gasteiger partial charge in [0, 0.05) is 38.0 Å². The Labute approximate surface area is 211 Å². The zero-order valence-corrected chi connectivity index (χ0v) is 21.6. The fourth-order valence-corrected chi connectivity index (χ4v) is 8.77. The Balaban J connectivity index is 1.67. The van der Waals surface area contributed by atoms with Crippen LogP contribution in [0.4, 0.5) is 0 Å². The number of rotatable bonds is 11. The van der Waals surface area contributed by atoms with Crippen LogP contribution < -0.4 is 0 Å². The molecule has 4 rings (SSSR count). The van der Waals surface area contributed by atoms with Gasteiger partial charge in [0.05, 0.1) is 42.4 Å². The summed E-state index contributed by atoms with van der Waals surface area (Å²) < 4.78 is 4.67. The zero-order valence-electron chi connectivity index (χ0n) is 20.8. The maximum Gasteiger partial charge on any atom is 0.308 e. The molecule has 4 heterocycles. The van der Waals surface area contributed by atoms with Crippen molar-refractivity contribution in [1.29, 1.82) is 0 Å². The van der Waals surface area contributed by atoms with Gasteiger partial charge in [-0.05, 0) is 25.2 Å². The van der Waals surface area contributed by atoms with E-state index in [-0.39, 0.29) is 29.6 Å². The Morgan fingerprint density at radius 3 is 2.66 bits per heavy atom. The maximum atomic E-state index is 14.3. The highest BCUT2D eigenvalue weighted by atomic mass is 32.2. The summed E-state index contributed by atoms with van der Waals surface area (Å²) in [5.74, 6) is -2.72. The molecule has 2 N–H and O–H groups in total. The summed E-state index contributed by atoms with van der Waals surface area (Å²) in [6, 6.07) is -1.30. The molecule has 9 nitrogen and oxygen atoms in total. The van der Waals surface area contributed by atoms with Gasteiger partial charge in [-0.3, -0.25) is 19.3 Å². The van der Waals surface area contributed by atoms with Crippen molar-refractivity contribution >= 4 is 29.5 Å². The van der Waals surface area contributed by atoms with Gasteiger partial charge in [-0.2, -0.15) is 0 Å². The van der Waals surface area contributed by atoms with E-state index in [1.807, 2.05) is 13.8 Å². The Bertz CT molecular complexity index is 834. The second-order valence-corrected chi connectivity index (χ2v) is 12.2. The van der Waals surface area contributed by atoms with Crippen LogP contribution in [-0.4, -0.2) is 117 Å². The van der Waals surface area contributed by atoms with E-state index < -0.39 is 34.6 Å². The molecule has 196 valence electrons. The molecule has 6 atom stereocenters. The van der Waals surface area contributed by atoms with Crippen LogP contribution >= 0.6 is 11.8 Å². The molecule has 35 heavy (non-hydrogen) atoms. The van der Waals surface area contributed by atoms with Crippen LogP contribution in [0.1, 0.15) is 33.1 Å². The maximum absolute atomic E-state index is 14.3. The summed E-state index contributed by atoms with van der Waals surface area (Å²) in [6.45, 7) is 12.2. The zero-order chi connectivity index (χ0) is 25.3. The van der Waals surface area contributed by atoms with Crippen LogP contribution in [-0.2, 0) is 19.1 Å². The molecule has 4 aliphatic rings. The van der Waals surface area contributed by atoms with Crippen molar-refractivity contribution in [1.82, 2.24) is 14.7 Å². The lowest BCUT2D eigenvalue weighted by molar-refractivity contribution is -0.150. The van der Waals surface area contributed by atoms with E-state index >= 15 is 0 Å². The summed E-state index contributed by atoms with van der Waals surface area (Å²) in [6.07, 6.45) is 3.58. The molecule has 0 saturated carbocycles. The number of aliphatic carboxylic acids is 1. The van der Waals surface area contributed by atoms with Gasteiger partial charge in [0.15, 0.2) is 0 Å². The normalized spacial score (nSPS) is 33.3. The first-order valence-corrected chi connectivity index (χ1v) is 13.7. The van der Waals surface area contributed by atoms with Gasteiger partial charge in [-0.1, -0.05) is 19.9 Å². The number of thioether (sulfide) groups is 1. The number of aliphatic hydroxyl groups is 1. The van der Waals surface area contributed by atoms with Gasteiger partial charge in [0.25, 0.3) is 0 Å². The van der Waals surface area contributed by atoms with Crippen LogP contribution in [0.25, 0.3) is 0 Å². The number of hydrogen-bond acceptors (Lipinski definition) is 7. The van der Waals surface area contributed by atoms with Gasteiger partial charge >= 0.3 is 5.97 Å². The summed E-state index contributed by atoms with van der Waals surface area (Å²) in [5.41, 5.74) is 0. The number of morpholine rings is 1. The number of hydrogen-bond donors (Lipinski definition) is 2. The second-order valence-electron chi connectivity index (χ2n) is 10.6. The lowest BCUT2D eigenvalue weighted by Crippen LogP contribution is -2.58. The molecule has 0 aromatic rings. The highest BCUT2D eigenvalue weighted by Crippen LogP contribution is 2.66. The molecular weight excluding hydrogens is 470 g/mol. The van der Waals surface area contributed by atoms with Crippen LogP contribution in [0.2, 0.25) is 0 Å². The number of carboxylic acids is 1. The third-order valence-corrected chi connectivity index (χ3v) is 10.0. The van der Waals surface area contributed by atoms with E-state index in [2.05, 4.69) is 11.5 Å². The van der Waals surface area contributed by atoms with Crippen molar-refractivity contribution in [3.63, 3.8) is 0 Å². The number of carbonyl (C=O) groups excluding carboxylic acids is 2. The molecule has 2 unspecified atom stereocenters. The van der Waals surface area contributed by atoms with Gasteiger partial charge in [0.2, 0.25) is 11.8 Å². The fraction of sp³-hybridized carbons (Fsp3) is 0.800. The third-order valence-electron chi connectivity index (χ3n) is 8.06. The average molecular weight is 510 g/mol. The molecule has 0 aliphatic carbocycles. The van der Waals surface area contributed by atoms with Gasteiger partial charge in [0.1, 0.15) is 6.04 Å². The van der Waals surface area contributed by atoms with E-state index in [1.165, 1.54) is 11.8 Å². The largest absolute Gasteiger partial charge is 0.481 e. The molecule has 0 aromatic carbocycles. The molecule has 0 radical (unpaired) electrons. The number of nitrogens with zero attached hydrogens (tertiary/aromatic N) is 3. The highest BCUT2D eigenvalue weighted by Gasteiger charge is 2.74. The van der Waals surface area contributed by atoms with Crippen LogP contribution in [0.15, 0.2) is 12.7 Å². The molecule has 4 aliphatic heterocycles. The number of carboxylic acid groups (broad SMARTS) is 1. The number of carbonyl (C=O) groups is 3. The van der Waals surface area contributed by atoms with Gasteiger partial charge in [-0.15, -0.1) is 18.3 Å². The standard InChI is InChI=1S/C25H39N3O6S/c1-4-7-27(9-8-26-10-12-34-13-11-26)23(31)21-25-6-5-18(35-25)19(24(32)33)20(25)22(30)28(21)17(15-29)14-16(2)3/h4,16-21,29H,1,5-15H2,2-3H3,(H,32,33)/t17-,18-,19+,20+,21?,25?/m1/s1. The van der Waals surface area contributed by atoms with Crippen LogP contribution in [0.5, 0.6) is 0 Å². The molecule has 4 saturated heterocycles. The Kier molecular flexibility index (Phi) is 8.15. The van der Waals surface area contributed by atoms with E-state index in [0.29, 0.717) is 52.1 Å². The second kappa shape index (κ2) is 10.8. The Morgan fingerprint density at radius 1 is 1.34 bits per heavy atom. The lowest BCUT2D eigenvalue weighted by Gasteiger charge is -2.40. The number of likely N-dealkylation sites (tertiary alicyclic amines) is 1. The van der Waals surface area contributed by atoms with Crippen molar-refractivity contribution in [2.45, 2.75) is 55.2 Å². The summed E-state index contributed by atoms with van der Waals surface area (Å²) >= 11 is 1.53. The summed E-state index contributed by atoms with van der Waals surface area (Å²) in [7, 11) is 0. The molecule has 2 amide bonds. The minimum atomic E-state index is -0.963. The Morgan fingerprint density at radius 2 is 2.06 bits per heavy atom. The fourth-order valence-electron chi connectivity index (χ4n) is 6.57. The van der Waals surface area contributed by atoms with E-state index in [4.69, 9.17) is 4.74 Å². The Hall–Kier alpha value is -1.62. The van der Waals surface area contributed by atoms with Crippen molar-refractivity contribution in [3.8, 4) is 0 Å². The predicted molar refractivity (Wildman–Crippen MR) is 133 cm³/mol. The number of fused-ring (bicyclic) bond motifs is 1. The molecule has 0 aromatic heterocycles. The molecule has 1 spiro atoms. The summed E-state index contributed by atoms with van der Waals surface area (Å²) in [4.78, 5) is 46.0. The first kappa shape index (κ1) is 26.4. The smallest absolute Gasteiger partial charge is 0.308 e. The van der Waals surface area contributed by atoms with Crippen molar-refractivity contribution in [2.75, 3.05) is 52.5 Å². The first-order valence-electron chi connectivity index (χ1n) is 12.8. The molecule has 4 fully saturated rings. The van der Waals surface area contributed by atoms with E-state index in [9.17, 15) is 24.6 Å². The number of ether oxygens (including phenoxy) is 1. The third kappa shape index (κ3) is 4.74. The van der Waals surface area contributed by atoms with Gasteiger partial charge in [-0.25, -0.2) is 0 Å². The van der Waals surface area contributed by atoms with Crippen LogP contribution in [0.3, 0.4) is 0 Å². The topological polar surface area (TPSA) is 111 Å². The van der Waals surface area contributed by atoms with Gasteiger partial charge < -0.3 is 24.7 Å². The van der Waals surface area contributed by atoms with E-state index in [1.54, 1.807) is 15.9 Å². The minimum Gasteiger partial charge on any atom is -0.481 e. The monoisotopic (exact) mass is 509 g/mol. The highest BCUT2D eigenvalue weighted by molar-refractivity contribution is 8.02. The van der Waals surface area contributed by atoms with Crippen molar-refractivity contribution in [2.24, 2.45) is 17.8 Å². The predicted octanol–water partition coefficient (Wildman–Crippen LogP) is 0.916. The van der Waals surface area contributed by atoms with Crippen molar-refractivity contribution in [3.05, 3.63) is 12.7 Å². The molecule has 10 heteroatoms. The first-order chi connectivity index (χ1) is 16.7. The number of aliphatic hydroxyl groups excluding tert-OH is 1. The quantitative estimate of drug-likeness (QED) is 0.396. The SMILES string of the molecule is C=CCN(CCN1CCOCC1)C(=O)C1N([C@@H](CO)CC(C)C)C(=O)[C@@H]2[C@@H](C(=O)O)[C@H]3CCC12S3. The average Bonchev–Trinajstić information content (AvgIpc) is 3.47. The number of amides is 2. The molecular formula is C25H39N3O6S.